The molecule has 21 heavy (non-hydrogen) atoms. The molecule has 0 saturated carbocycles. The number of aliphatic hydroxyl groups is 1. The average molecular weight is 288 g/mol. The third kappa shape index (κ3) is 11.5. The first-order chi connectivity index (χ1) is 10.1. The van der Waals surface area contributed by atoms with Gasteiger partial charge in [-0.1, -0.05) is 43.5 Å². The van der Waals surface area contributed by atoms with Crippen LogP contribution in [0.2, 0.25) is 0 Å². The number of hydrogen-bond acceptors (Lipinski definition) is 3. The SMILES string of the molecule is C=C/C=C/C(O)C/C=C/NCC(=C)/C=C(/CCC=C)NC. The van der Waals surface area contributed by atoms with Gasteiger partial charge in [-0.3, -0.25) is 0 Å². The van der Waals surface area contributed by atoms with E-state index in [4.69, 9.17) is 0 Å². The van der Waals surface area contributed by atoms with Gasteiger partial charge in [-0.25, -0.2) is 0 Å². The van der Waals surface area contributed by atoms with Crippen molar-refractivity contribution in [1.29, 1.82) is 0 Å². The van der Waals surface area contributed by atoms with E-state index in [1.165, 1.54) is 0 Å². The van der Waals surface area contributed by atoms with Crippen LogP contribution in [0.25, 0.3) is 0 Å². The predicted octanol–water partition coefficient (Wildman–Crippen LogP) is 3.21. The highest BCUT2D eigenvalue weighted by Crippen LogP contribution is 2.05. The van der Waals surface area contributed by atoms with E-state index < -0.39 is 6.10 Å². The van der Waals surface area contributed by atoms with E-state index in [0.29, 0.717) is 13.0 Å². The molecular formula is C18H28N2O. The molecule has 0 aliphatic rings. The molecule has 3 heteroatoms. The Bertz CT molecular complexity index is 405. The Kier molecular flexibility index (Phi) is 11.8. The lowest BCUT2D eigenvalue weighted by molar-refractivity contribution is 0.227. The summed E-state index contributed by atoms with van der Waals surface area (Å²) in [6, 6.07) is 0. The van der Waals surface area contributed by atoms with Gasteiger partial charge in [-0.15, -0.1) is 6.58 Å². The Morgan fingerprint density at radius 1 is 1.33 bits per heavy atom. The van der Waals surface area contributed by atoms with Crippen LogP contribution in [0, 0.1) is 0 Å². The normalized spacial score (nSPS) is 13.3. The second-order valence-corrected chi connectivity index (χ2v) is 4.61. The van der Waals surface area contributed by atoms with Crippen molar-refractivity contribution in [2.24, 2.45) is 0 Å². The molecule has 0 saturated heterocycles. The molecule has 1 atom stereocenters. The van der Waals surface area contributed by atoms with Crippen molar-refractivity contribution in [1.82, 2.24) is 10.6 Å². The monoisotopic (exact) mass is 288 g/mol. The van der Waals surface area contributed by atoms with Gasteiger partial charge < -0.3 is 15.7 Å². The van der Waals surface area contributed by atoms with Crippen LogP contribution in [0.1, 0.15) is 19.3 Å². The summed E-state index contributed by atoms with van der Waals surface area (Å²) in [6.07, 6.45) is 14.8. The van der Waals surface area contributed by atoms with Crippen LogP contribution in [-0.4, -0.2) is 24.8 Å². The first kappa shape index (κ1) is 19.0. The molecule has 3 nitrogen and oxygen atoms in total. The van der Waals surface area contributed by atoms with E-state index in [0.717, 1.165) is 24.1 Å². The van der Waals surface area contributed by atoms with Crippen molar-refractivity contribution in [2.45, 2.75) is 25.4 Å². The molecule has 0 aromatic heterocycles. The van der Waals surface area contributed by atoms with Crippen LogP contribution in [0.15, 0.2) is 73.7 Å². The van der Waals surface area contributed by atoms with E-state index in [1.807, 2.05) is 31.5 Å². The molecule has 0 bridgehead atoms. The summed E-state index contributed by atoms with van der Waals surface area (Å²) >= 11 is 0. The molecule has 1 unspecified atom stereocenters. The van der Waals surface area contributed by atoms with E-state index in [-0.39, 0.29) is 0 Å². The van der Waals surface area contributed by atoms with E-state index >= 15 is 0 Å². The zero-order valence-electron chi connectivity index (χ0n) is 13.0. The topological polar surface area (TPSA) is 44.3 Å². The Labute approximate surface area is 129 Å². The second-order valence-electron chi connectivity index (χ2n) is 4.61. The van der Waals surface area contributed by atoms with Gasteiger partial charge in [0.15, 0.2) is 0 Å². The summed E-state index contributed by atoms with van der Waals surface area (Å²) in [7, 11) is 1.91. The van der Waals surface area contributed by atoms with E-state index in [9.17, 15) is 5.11 Å². The van der Waals surface area contributed by atoms with Crippen LogP contribution in [0.4, 0.5) is 0 Å². The number of hydrogen-bond donors (Lipinski definition) is 3. The smallest absolute Gasteiger partial charge is 0.0759 e. The molecule has 0 spiro atoms. The van der Waals surface area contributed by atoms with Crippen LogP contribution in [-0.2, 0) is 0 Å². The van der Waals surface area contributed by atoms with Crippen molar-refractivity contribution in [2.75, 3.05) is 13.6 Å². The fraction of sp³-hybridized carbons (Fsp3) is 0.333. The summed E-state index contributed by atoms with van der Waals surface area (Å²) in [5.41, 5.74) is 2.15. The number of rotatable bonds is 12. The van der Waals surface area contributed by atoms with Crippen molar-refractivity contribution < 1.29 is 5.11 Å². The summed E-state index contributed by atoms with van der Waals surface area (Å²) in [5.74, 6) is 0. The molecule has 0 aliphatic heterocycles. The van der Waals surface area contributed by atoms with Gasteiger partial charge in [-0.05, 0) is 37.1 Å². The Morgan fingerprint density at radius 2 is 2.10 bits per heavy atom. The predicted molar refractivity (Wildman–Crippen MR) is 92.8 cm³/mol. The molecule has 0 radical (unpaired) electrons. The van der Waals surface area contributed by atoms with Gasteiger partial charge in [-0.2, -0.15) is 0 Å². The van der Waals surface area contributed by atoms with Crippen molar-refractivity contribution in [3.05, 3.63) is 73.7 Å². The van der Waals surface area contributed by atoms with E-state index in [2.05, 4.69) is 30.4 Å². The average Bonchev–Trinajstić information content (AvgIpc) is 2.48. The minimum atomic E-state index is -0.473. The zero-order chi connectivity index (χ0) is 15.9. The second kappa shape index (κ2) is 13.0. The van der Waals surface area contributed by atoms with Gasteiger partial charge in [0, 0.05) is 19.3 Å². The van der Waals surface area contributed by atoms with Gasteiger partial charge in [0.2, 0.25) is 0 Å². The fourth-order valence-electron chi connectivity index (χ4n) is 1.59. The maximum Gasteiger partial charge on any atom is 0.0759 e. The summed E-state index contributed by atoms with van der Waals surface area (Å²) in [4.78, 5) is 0. The van der Waals surface area contributed by atoms with Crippen LogP contribution < -0.4 is 10.6 Å². The zero-order valence-corrected chi connectivity index (χ0v) is 13.0. The molecule has 3 N–H and O–H groups in total. The molecular weight excluding hydrogens is 260 g/mol. The molecule has 0 fully saturated rings. The summed E-state index contributed by atoms with van der Waals surface area (Å²) < 4.78 is 0. The lowest BCUT2D eigenvalue weighted by Crippen LogP contribution is -2.11. The van der Waals surface area contributed by atoms with Crippen molar-refractivity contribution in [3.63, 3.8) is 0 Å². The molecule has 0 heterocycles. The largest absolute Gasteiger partial charge is 0.391 e. The first-order valence-corrected chi connectivity index (χ1v) is 7.16. The lowest BCUT2D eigenvalue weighted by atomic mass is 10.1. The maximum absolute atomic E-state index is 9.57. The van der Waals surface area contributed by atoms with E-state index in [1.54, 1.807) is 18.2 Å². The first-order valence-electron chi connectivity index (χ1n) is 7.16. The van der Waals surface area contributed by atoms with Crippen LogP contribution in [0.5, 0.6) is 0 Å². The molecule has 0 aromatic rings. The Balaban J connectivity index is 4.02. The van der Waals surface area contributed by atoms with Crippen LogP contribution in [0.3, 0.4) is 0 Å². The number of aliphatic hydroxyl groups excluding tert-OH is 1. The minimum absolute atomic E-state index is 0.473. The Hall–Kier alpha value is -2.00. The van der Waals surface area contributed by atoms with Gasteiger partial charge in [0.05, 0.1) is 6.10 Å². The number of nitrogens with one attached hydrogen (secondary N) is 2. The third-order valence-corrected chi connectivity index (χ3v) is 2.73. The molecule has 116 valence electrons. The lowest BCUT2D eigenvalue weighted by Gasteiger charge is -2.07. The van der Waals surface area contributed by atoms with Crippen molar-refractivity contribution >= 4 is 0 Å². The summed E-state index contributed by atoms with van der Waals surface area (Å²) in [6.45, 7) is 12.0. The fourth-order valence-corrected chi connectivity index (χ4v) is 1.59. The van der Waals surface area contributed by atoms with Gasteiger partial charge in [0.25, 0.3) is 0 Å². The number of allylic oxidation sites excluding steroid dienone is 4. The molecule has 0 aromatic carbocycles. The van der Waals surface area contributed by atoms with Crippen LogP contribution >= 0.6 is 0 Å². The minimum Gasteiger partial charge on any atom is -0.391 e. The molecule has 0 aliphatic carbocycles. The summed E-state index contributed by atoms with van der Waals surface area (Å²) in [5, 5.41) is 15.9. The highest BCUT2D eigenvalue weighted by Gasteiger charge is 1.95. The maximum atomic E-state index is 9.57. The van der Waals surface area contributed by atoms with Crippen molar-refractivity contribution in [3.8, 4) is 0 Å². The van der Waals surface area contributed by atoms with Gasteiger partial charge >= 0.3 is 0 Å². The standard InChI is InChI=1S/C18H28N2O/c1-5-7-10-17(19-4)14-16(3)15-20-13-9-12-18(21)11-8-6-2/h5-6,8-9,11,13-14,18-21H,1-3,7,10,12,15H2,4H3/b11-8+,13-9+,17-14-. The Morgan fingerprint density at radius 3 is 2.71 bits per heavy atom. The quantitative estimate of drug-likeness (QED) is 0.382. The molecule has 0 amide bonds. The highest BCUT2D eigenvalue weighted by molar-refractivity contribution is 5.21. The van der Waals surface area contributed by atoms with Gasteiger partial charge in [0.1, 0.15) is 0 Å². The molecule has 0 rings (SSSR count). The third-order valence-electron chi connectivity index (χ3n) is 2.73. The highest BCUT2D eigenvalue weighted by atomic mass is 16.3.